The largest absolute Gasteiger partial charge is 0.450 e. The van der Waals surface area contributed by atoms with E-state index in [1.54, 1.807) is 13.0 Å². The van der Waals surface area contributed by atoms with Crippen LogP contribution in [-0.2, 0) is 27.2 Å². The molecular formula is C26H27N5O7. The van der Waals surface area contributed by atoms with Crippen LogP contribution in [0.25, 0.3) is 0 Å². The quantitative estimate of drug-likeness (QED) is 0.358. The number of ether oxygens (including phenoxy) is 1. The summed E-state index contributed by atoms with van der Waals surface area (Å²) in [6.07, 6.45) is -0.324. The average molecular weight is 522 g/mol. The van der Waals surface area contributed by atoms with Gasteiger partial charge in [-0.3, -0.25) is 29.9 Å². The summed E-state index contributed by atoms with van der Waals surface area (Å²) in [5, 5.41) is 13.9. The fourth-order valence-corrected chi connectivity index (χ4v) is 5.64. The van der Waals surface area contributed by atoms with E-state index in [-0.39, 0.29) is 44.9 Å². The van der Waals surface area contributed by atoms with E-state index in [2.05, 4.69) is 5.32 Å². The number of benzene rings is 2. The molecule has 2 aromatic rings. The lowest BCUT2D eigenvalue weighted by Gasteiger charge is -2.55. The van der Waals surface area contributed by atoms with E-state index in [1.807, 2.05) is 35.2 Å². The number of barbiturate groups is 1. The van der Waals surface area contributed by atoms with Gasteiger partial charge < -0.3 is 14.5 Å². The van der Waals surface area contributed by atoms with Crippen LogP contribution in [0.4, 0.5) is 21.0 Å². The molecule has 2 saturated heterocycles. The van der Waals surface area contributed by atoms with Crippen molar-refractivity contribution in [2.75, 3.05) is 37.7 Å². The molecule has 0 unspecified atom stereocenters. The van der Waals surface area contributed by atoms with Gasteiger partial charge in [0.2, 0.25) is 11.8 Å². The lowest BCUT2D eigenvalue weighted by atomic mass is 9.67. The summed E-state index contributed by atoms with van der Waals surface area (Å²) in [5.41, 5.74) is 0.0847. The maximum absolute atomic E-state index is 14.2. The highest BCUT2D eigenvalue weighted by atomic mass is 16.6. The third-order valence-corrected chi connectivity index (χ3v) is 7.49. The number of nitro groups is 1. The van der Waals surface area contributed by atoms with Crippen molar-refractivity contribution in [1.82, 2.24) is 15.1 Å². The van der Waals surface area contributed by atoms with Gasteiger partial charge in [-0.25, -0.2) is 9.59 Å². The number of hydrogen-bond acceptors (Lipinski definition) is 8. The van der Waals surface area contributed by atoms with E-state index in [4.69, 9.17) is 4.74 Å². The smallest absolute Gasteiger partial charge is 0.409 e. The van der Waals surface area contributed by atoms with E-state index in [9.17, 15) is 29.3 Å². The Labute approximate surface area is 218 Å². The van der Waals surface area contributed by atoms with E-state index in [1.165, 1.54) is 17.0 Å². The van der Waals surface area contributed by atoms with Gasteiger partial charge >= 0.3 is 12.1 Å². The van der Waals surface area contributed by atoms with Crippen LogP contribution >= 0.6 is 0 Å². The van der Waals surface area contributed by atoms with Crippen molar-refractivity contribution < 1.29 is 28.8 Å². The van der Waals surface area contributed by atoms with Gasteiger partial charge in [0.15, 0.2) is 5.41 Å². The van der Waals surface area contributed by atoms with Crippen molar-refractivity contribution in [3.63, 3.8) is 0 Å². The molecule has 5 rings (SSSR count). The van der Waals surface area contributed by atoms with Crippen LogP contribution < -0.4 is 10.2 Å². The number of hydrogen-bond donors (Lipinski definition) is 1. The van der Waals surface area contributed by atoms with Gasteiger partial charge in [0.1, 0.15) is 0 Å². The summed E-state index contributed by atoms with van der Waals surface area (Å²) in [5.74, 6) is -1.46. The predicted molar refractivity (Wildman–Crippen MR) is 134 cm³/mol. The Bertz CT molecular complexity index is 1320. The maximum Gasteiger partial charge on any atom is 0.409 e. The van der Waals surface area contributed by atoms with E-state index >= 15 is 0 Å². The molecule has 12 nitrogen and oxygen atoms in total. The van der Waals surface area contributed by atoms with Crippen LogP contribution in [0.2, 0.25) is 0 Å². The van der Waals surface area contributed by atoms with Gasteiger partial charge in [0.25, 0.3) is 5.69 Å². The molecule has 38 heavy (non-hydrogen) atoms. The third kappa shape index (κ3) is 4.11. The van der Waals surface area contributed by atoms with Crippen molar-refractivity contribution in [1.29, 1.82) is 0 Å². The van der Waals surface area contributed by atoms with Crippen molar-refractivity contribution in [3.05, 3.63) is 69.8 Å². The number of nitro benzene ring substituents is 1. The van der Waals surface area contributed by atoms with Gasteiger partial charge in [-0.15, -0.1) is 0 Å². The fourth-order valence-electron chi connectivity index (χ4n) is 5.64. The molecule has 2 fully saturated rings. The second kappa shape index (κ2) is 9.77. The minimum Gasteiger partial charge on any atom is -0.450 e. The zero-order valence-corrected chi connectivity index (χ0v) is 20.8. The van der Waals surface area contributed by atoms with E-state index < -0.39 is 40.3 Å². The van der Waals surface area contributed by atoms with Gasteiger partial charge in [-0.2, -0.15) is 0 Å². The lowest BCUT2D eigenvalue weighted by molar-refractivity contribution is -0.384. The third-order valence-electron chi connectivity index (χ3n) is 7.49. The fraction of sp³-hybridized carbons (Fsp3) is 0.385. The number of non-ortho nitro benzene ring substituents is 1. The Morgan fingerprint density at radius 2 is 1.92 bits per heavy atom. The molecule has 0 saturated carbocycles. The molecule has 12 heteroatoms. The van der Waals surface area contributed by atoms with Gasteiger partial charge in [0, 0.05) is 50.4 Å². The molecule has 198 valence electrons. The Hall–Kier alpha value is -4.48. The first-order valence-electron chi connectivity index (χ1n) is 12.4. The molecule has 2 aromatic carbocycles. The normalized spacial score (nSPS) is 22.6. The van der Waals surface area contributed by atoms with Gasteiger partial charge in [0.05, 0.1) is 17.6 Å². The SMILES string of the molecule is CCOC(=O)N1CCN2c3ccc([N+](=O)[O-])cc3C[C@]3(C(=O)NC(=O)N(CCc4ccccc4)C3=O)[C@H]2C1. The Morgan fingerprint density at radius 1 is 1.16 bits per heavy atom. The first-order chi connectivity index (χ1) is 18.3. The number of fused-ring (bicyclic) bond motifs is 4. The zero-order chi connectivity index (χ0) is 27.0. The van der Waals surface area contributed by atoms with Crippen molar-refractivity contribution >= 4 is 35.3 Å². The predicted octanol–water partition coefficient (Wildman–Crippen LogP) is 2.11. The van der Waals surface area contributed by atoms with Crippen molar-refractivity contribution in [3.8, 4) is 0 Å². The van der Waals surface area contributed by atoms with Crippen LogP contribution in [0.5, 0.6) is 0 Å². The second-order valence-corrected chi connectivity index (χ2v) is 9.52. The number of urea groups is 1. The van der Waals surface area contributed by atoms with Crippen LogP contribution in [0.15, 0.2) is 48.5 Å². The number of carbonyl (C=O) groups excluding carboxylic acids is 4. The minimum atomic E-state index is -1.78. The Kier molecular flexibility index (Phi) is 6.47. The number of piperazine rings is 1. The molecule has 0 radical (unpaired) electrons. The molecular weight excluding hydrogens is 494 g/mol. The summed E-state index contributed by atoms with van der Waals surface area (Å²) in [6.45, 7) is 2.45. The highest BCUT2D eigenvalue weighted by molar-refractivity contribution is 6.20. The first kappa shape index (κ1) is 25.2. The maximum atomic E-state index is 14.2. The summed E-state index contributed by atoms with van der Waals surface area (Å²) in [7, 11) is 0. The van der Waals surface area contributed by atoms with Crippen molar-refractivity contribution in [2.45, 2.75) is 25.8 Å². The summed E-state index contributed by atoms with van der Waals surface area (Å²) in [4.78, 5) is 68.6. The standard InChI is InChI=1S/C26H27N5O7/c1-2-38-25(35)28-12-13-29-20-9-8-19(31(36)37)14-18(20)15-26(21(29)16-28)22(32)27-24(34)30(23(26)33)11-10-17-6-4-3-5-7-17/h3-9,14,21H,2,10-13,15-16H2,1H3,(H,27,32,34)/t21-,26-/m1/s1. The minimum absolute atomic E-state index is 0.00906. The molecule has 1 spiro atoms. The number of imide groups is 2. The summed E-state index contributed by atoms with van der Waals surface area (Å²) in [6, 6.07) is 12.1. The summed E-state index contributed by atoms with van der Waals surface area (Å²) >= 11 is 0. The molecule has 5 amide bonds. The summed E-state index contributed by atoms with van der Waals surface area (Å²) < 4.78 is 5.17. The number of nitrogens with zero attached hydrogens (tertiary/aromatic N) is 4. The van der Waals surface area contributed by atoms with Gasteiger partial charge in [-0.05, 0) is 30.5 Å². The Balaban J connectivity index is 1.56. The molecule has 3 aliphatic rings. The number of carbonyl (C=O) groups is 4. The topological polar surface area (TPSA) is 142 Å². The zero-order valence-electron chi connectivity index (χ0n) is 20.8. The molecule has 3 aliphatic heterocycles. The average Bonchev–Trinajstić information content (AvgIpc) is 2.91. The molecule has 3 heterocycles. The molecule has 0 bridgehead atoms. The van der Waals surface area contributed by atoms with E-state index in [0.29, 0.717) is 17.7 Å². The Morgan fingerprint density at radius 3 is 2.63 bits per heavy atom. The van der Waals surface area contributed by atoms with E-state index in [0.717, 1.165) is 10.5 Å². The number of anilines is 1. The first-order valence-corrected chi connectivity index (χ1v) is 12.4. The number of rotatable bonds is 5. The van der Waals surface area contributed by atoms with Crippen LogP contribution in [0.1, 0.15) is 18.1 Å². The number of amides is 5. The highest BCUT2D eigenvalue weighted by Gasteiger charge is 2.63. The molecule has 1 N–H and O–H groups in total. The lowest BCUT2D eigenvalue weighted by Crippen LogP contribution is -2.75. The van der Waals surface area contributed by atoms with Crippen molar-refractivity contribution in [2.24, 2.45) is 5.41 Å². The molecule has 0 aromatic heterocycles. The van der Waals surface area contributed by atoms with Crippen LogP contribution in [0, 0.1) is 15.5 Å². The highest BCUT2D eigenvalue weighted by Crippen LogP contribution is 2.46. The number of nitrogens with one attached hydrogen (secondary N) is 1. The van der Waals surface area contributed by atoms with Crippen LogP contribution in [0.3, 0.4) is 0 Å². The molecule has 2 atom stereocenters. The molecule has 0 aliphatic carbocycles. The van der Waals surface area contributed by atoms with Gasteiger partial charge in [-0.1, -0.05) is 30.3 Å². The van der Waals surface area contributed by atoms with Crippen LogP contribution in [-0.4, -0.2) is 77.5 Å². The monoisotopic (exact) mass is 521 g/mol. The second-order valence-electron chi connectivity index (χ2n) is 9.52.